The van der Waals surface area contributed by atoms with E-state index >= 15 is 0 Å². The van der Waals surface area contributed by atoms with Crippen molar-refractivity contribution in [3.63, 3.8) is 0 Å². The zero-order valence-electron chi connectivity index (χ0n) is 13.7. The highest BCUT2D eigenvalue weighted by Crippen LogP contribution is 2.20. The van der Waals surface area contributed by atoms with Gasteiger partial charge in [-0.1, -0.05) is 11.8 Å². The molecule has 0 saturated carbocycles. The predicted molar refractivity (Wildman–Crippen MR) is 93.7 cm³/mol. The minimum Gasteiger partial charge on any atom is -0.416 e. The molecule has 138 valence electrons. The first-order valence-corrected chi connectivity index (χ1v) is 9.63. The van der Waals surface area contributed by atoms with E-state index in [1.54, 1.807) is 18.5 Å². The van der Waals surface area contributed by atoms with Crippen molar-refractivity contribution in [3.8, 4) is 0 Å². The Labute approximate surface area is 156 Å². The molecule has 1 fully saturated rings. The minimum atomic E-state index is -0.480. The summed E-state index contributed by atoms with van der Waals surface area (Å²) < 4.78 is 5.48. The van der Waals surface area contributed by atoms with Gasteiger partial charge in [0.15, 0.2) is 5.13 Å². The number of aromatic nitrogens is 3. The standard InChI is InChI=1S/C14H16N6O4S2/c1-7-8(11(22)18-12(23)16-7)2-3-10-19-20-14(24-10)26-6-9(21)17-13-15-4-5-25-13/h4-5,7-8H,2-3,6H2,1H3,(H,15,17,21)(H2,16,18,22,23). The smallest absolute Gasteiger partial charge is 0.321 e. The summed E-state index contributed by atoms with van der Waals surface area (Å²) in [6.45, 7) is 1.78. The van der Waals surface area contributed by atoms with Gasteiger partial charge in [-0.05, 0) is 13.3 Å². The highest BCUT2D eigenvalue weighted by molar-refractivity contribution is 7.99. The minimum absolute atomic E-state index is 0.120. The van der Waals surface area contributed by atoms with Crippen molar-refractivity contribution in [3.05, 3.63) is 17.5 Å². The maximum Gasteiger partial charge on any atom is 0.321 e. The number of aryl methyl sites for hydroxylation is 1. The van der Waals surface area contributed by atoms with E-state index in [-0.39, 0.29) is 34.7 Å². The number of urea groups is 1. The molecule has 1 aliphatic rings. The number of nitrogens with one attached hydrogen (secondary N) is 3. The van der Waals surface area contributed by atoms with E-state index in [0.717, 1.165) is 11.8 Å². The second-order valence-corrected chi connectivity index (χ2v) is 7.35. The monoisotopic (exact) mass is 396 g/mol. The molecule has 2 atom stereocenters. The highest BCUT2D eigenvalue weighted by atomic mass is 32.2. The molecule has 0 aliphatic carbocycles. The van der Waals surface area contributed by atoms with Gasteiger partial charge in [0.2, 0.25) is 17.7 Å². The number of nitrogens with zero attached hydrogens (tertiary/aromatic N) is 3. The maximum absolute atomic E-state index is 11.9. The van der Waals surface area contributed by atoms with Gasteiger partial charge in [0.1, 0.15) is 0 Å². The second kappa shape index (κ2) is 8.27. The fourth-order valence-corrected chi connectivity index (χ4v) is 3.53. The lowest BCUT2D eigenvalue weighted by atomic mass is 9.93. The number of carbonyl (C=O) groups excluding carboxylic acids is 3. The van der Waals surface area contributed by atoms with E-state index in [4.69, 9.17) is 4.42 Å². The first-order chi connectivity index (χ1) is 12.5. The summed E-state index contributed by atoms with van der Waals surface area (Å²) in [5, 5.41) is 18.0. The van der Waals surface area contributed by atoms with Gasteiger partial charge >= 0.3 is 6.03 Å². The lowest BCUT2D eigenvalue weighted by molar-refractivity contribution is -0.125. The quantitative estimate of drug-likeness (QED) is 0.590. The fraction of sp³-hybridized carbons (Fsp3) is 0.429. The van der Waals surface area contributed by atoms with Gasteiger partial charge in [-0.15, -0.1) is 21.5 Å². The molecule has 12 heteroatoms. The Hall–Kier alpha value is -2.47. The van der Waals surface area contributed by atoms with Crippen molar-refractivity contribution in [2.24, 2.45) is 5.92 Å². The van der Waals surface area contributed by atoms with Crippen molar-refractivity contribution < 1.29 is 18.8 Å². The number of rotatable bonds is 7. The van der Waals surface area contributed by atoms with Crippen LogP contribution in [-0.4, -0.2) is 44.8 Å². The Morgan fingerprint density at radius 3 is 3.00 bits per heavy atom. The number of imide groups is 1. The molecule has 1 saturated heterocycles. The number of anilines is 1. The van der Waals surface area contributed by atoms with Gasteiger partial charge in [-0.2, -0.15) is 0 Å². The number of thioether (sulfide) groups is 1. The van der Waals surface area contributed by atoms with Gasteiger partial charge in [-0.3, -0.25) is 14.9 Å². The molecule has 2 aromatic rings. The SMILES string of the molecule is CC1NC(=O)NC(=O)C1CCc1nnc(SCC(=O)Nc2nccs2)o1. The van der Waals surface area contributed by atoms with Crippen molar-refractivity contribution in [2.45, 2.75) is 31.0 Å². The number of amides is 4. The Balaban J connectivity index is 1.45. The van der Waals surface area contributed by atoms with Crippen LogP contribution in [0, 0.1) is 5.92 Å². The molecule has 0 radical (unpaired) electrons. The van der Waals surface area contributed by atoms with Crippen LogP contribution in [0.1, 0.15) is 19.2 Å². The van der Waals surface area contributed by atoms with Crippen molar-refractivity contribution >= 4 is 46.1 Å². The average Bonchev–Trinajstić information content (AvgIpc) is 3.23. The number of thiazole rings is 1. The molecule has 0 bridgehead atoms. The molecule has 26 heavy (non-hydrogen) atoms. The van der Waals surface area contributed by atoms with Crippen LogP contribution in [0.4, 0.5) is 9.93 Å². The first kappa shape index (κ1) is 18.3. The zero-order chi connectivity index (χ0) is 18.5. The third-order valence-corrected chi connectivity index (χ3v) is 5.17. The Bertz CT molecular complexity index is 793. The van der Waals surface area contributed by atoms with Crippen LogP contribution in [-0.2, 0) is 16.0 Å². The van der Waals surface area contributed by atoms with Gasteiger partial charge in [0, 0.05) is 24.0 Å². The molecule has 10 nitrogen and oxygen atoms in total. The predicted octanol–water partition coefficient (Wildman–Crippen LogP) is 1.03. The lowest BCUT2D eigenvalue weighted by Gasteiger charge is -2.28. The Morgan fingerprint density at radius 2 is 2.27 bits per heavy atom. The average molecular weight is 396 g/mol. The number of hydrogen-bond donors (Lipinski definition) is 3. The van der Waals surface area contributed by atoms with Crippen molar-refractivity contribution in [1.29, 1.82) is 0 Å². The van der Waals surface area contributed by atoms with Gasteiger partial charge < -0.3 is 15.1 Å². The Kier molecular flexibility index (Phi) is 5.83. The molecule has 0 spiro atoms. The molecular formula is C14H16N6O4S2. The molecule has 3 rings (SSSR count). The van der Waals surface area contributed by atoms with E-state index in [1.165, 1.54) is 11.3 Å². The normalized spacial score (nSPS) is 19.7. The van der Waals surface area contributed by atoms with Gasteiger partial charge in [0.05, 0.1) is 11.7 Å². The molecule has 1 aliphatic heterocycles. The summed E-state index contributed by atoms with van der Waals surface area (Å²) in [6, 6.07) is -0.742. The summed E-state index contributed by atoms with van der Waals surface area (Å²) in [6.07, 6.45) is 2.47. The van der Waals surface area contributed by atoms with Crippen molar-refractivity contribution in [2.75, 3.05) is 11.1 Å². The largest absolute Gasteiger partial charge is 0.416 e. The van der Waals surface area contributed by atoms with E-state index in [0.29, 0.717) is 23.9 Å². The van der Waals surface area contributed by atoms with Crippen LogP contribution in [0.5, 0.6) is 0 Å². The number of carbonyl (C=O) groups is 3. The maximum atomic E-state index is 11.9. The fourth-order valence-electron chi connectivity index (χ4n) is 2.40. The van der Waals surface area contributed by atoms with Crippen LogP contribution >= 0.6 is 23.1 Å². The van der Waals surface area contributed by atoms with Gasteiger partial charge in [0.25, 0.3) is 5.22 Å². The zero-order valence-corrected chi connectivity index (χ0v) is 15.4. The van der Waals surface area contributed by atoms with Gasteiger partial charge in [-0.25, -0.2) is 9.78 Å². The summed E-state index contributed by atoms with van der Waals surface area (Å²) in [5.41, 5.74) is 0. The molecule has 4 amide bonds. The molecule has 3 N–H and O–H groups in total. The second-order valence-electron chi connectivity index (χ2n) is 5.53. The summed E-state index contributed by atoms with van der Waals surface area (Å²) in [7, 11) is 0. The number of hydrogen-bond acceptors (Lipinski definition) is 9. The lowest BCUT2D eigenvalue weighted by Crippen LogP contribution is -2.57. The van der Waals surface area contributed by atoms with Crippen LogP contribution in [0.25, 0.3) is 0 Å². The van der Waals surface area contributed by atoms with Crippen LogP contribution < -0.4 is 16.0 Å². The van der Waals surface area contributed by atoms with Crippen LogP contribution in [0.2, 0.25) is 0 Å². The summed E-state index contributed by atoms with van der Waals surface area (Å²) in [5.74, 6) is -0.387. The van der Waals surface area contributed by atoms with E-state index < -0.39 is 6.03 Å². The third kappa shape index (κ3) is 4.79. The van der Waals surface area contributed by atoms with E-state index in [1.807, 2.05) is 0 Å². The Morgan fingerprint density at radius 1 is 1.42 bits per heavy atom. The molecular weight excluding hydrogens is 380 g/mol. The van der Waals surface area contributed by atoms with E-state index in [9.17, 15) is 14.4 Å². The topological polar surface area (TPSA) is 139 Å². The molecule has 2 aromatic heterocycles. The third-order valence-electron chi connectivity index (χ3n) is 3.66. The molecule has 3 heterocycles. The summed E-state index contributed by atoms with van der Waals surface area (Å²) in [4.78, 5) is 38.8. The van der Waals surface area contributed by atoms with Crippen molar-refractivity contribution in [1.82, 2.24) is 25.8 Å². The first-order valence-electron chi connectivity index (χ1n) is 7.77. The van der Waals surface area contributed by atoms with Crippen LogP contribution in [0.3, 0.4) is 0 Å². The molecule has 0 aromatic carbocycles. The van der Waals surface area contributed by atoms with E-state index in [2.05, 4.69) is 31.1 Å². The van der Waals surface area contributed by atoms with Crippen LogP contribution in [0.15, 0.2) is 21.2 Å². The highest BCUT2D eigenvalue weighted by Gasteiger charge is 2.32. The summed E-state index contributed by atoms with van der Waals surface area (Å²) >= 11 is 2.46. The molecule has 2 unspecified atom stereocenters.